The van der Waals surface area contributed by atoms with E-state index in [2.05, 4.69) is 5.16 Å². The maximum Gasteiger partial charge on any atom is 0.337 e. The molecule has 1 aromatic rings. The second kappa shape index (κ2) is 3.97. The number of benzene rings is 1. The fraction of sp³-hybridized carbons (Fsp3) is 0. The van der Waals surface area contributed by atoms with E-state index in [1.807, 2.05) is 0 Å². The lowest BCUT2D eigenvalue weighted by Crippen LogP contribution is -2.13. The van der Waals surface area contributed by atoms with Gasteiger partial charge in [-0.3, -0.25) is 0 Å². The van der Waals surface area contributed by atoms with Gasteiger partial charge in [0.25, 0.3) is 0 Å². The number of oxime groups is 1. The maximum absolute atomic E-state index is 10.6. The lowest BCUT2D eigenvalue weighted by atomic mass is 10.1. The normalized spacial score (nSPS) is 11.4. The Kier molecular flexibility index (Phi) is 2.93. The SMILES string of the molecule is N/C(=N/O)c1ccc(C(=O)O)c(Cl)c1. The summed E-state index contributed by atoms with van der Waals surface area (Å²) < 4.78 is 0. The summed E-state index contributed by atoms with van der Waals surface area (Å²) in [5.74, 6) is -1.25. The molecule has 0 saturated carbocycles. The third kappa shape index (κ3) is 1.94. The molecule has 0 spiro atoms. The fourth-order valence-electron chi connectivity index (χ4n) is 0.906. The number of carboxylic acids is 1. The molecule has 74 valence electrons. The van der Waals surface area contributed by atoms with Crippen molar-refractivity contribution in [1.29, 1.82) is 0 Å². The quantitative estimate of drug-likeness (QED) is 0.298. The molecule has 0 unspecified atom stereocenters. The number of amidine groups is 1. The summed E-state index contributed by atoms with van der Waals surface area (Å²) in [6.45, 7) is 0. The smallest absolute Gasteiger partial charge is 0.337 e. The molecule has 5 nitrogen and oxygen atoms in total. The molecule has 0 fully saturated rings. The summed E-state index contributed by atoms with van der Waals surface area (Å²) in [7, 11) is 0. The Morgan fingerprint density at radius 3 is 2.57 bits per heavy atom. The van der Waals surface area contributed by atoms with E-state index in [0.29, 0.717) is 5.56 Å². The Morgan fingerprint density at radius 2 is 2.14 bits per heavy atom. The molecule has 0 aromatic heterocycles. The molecule has 0 aliphatic rings. The first-order valence-electron chi connectivity index (χ1n) is 3.57. The Balaban J connectivity index is 3.19. The minimum absolute atomic E-state index is 0.0267. The molecule has 0 atom stereocenters. The topological polar surface area (TPSA) is 95.9 Å². The first-order valence-corrected chi connectivity index (χ1v) is 3.94. The van der Waals surface area contributed by atoms with Crippen LogP contribution in [0.25, 0.3) is 0 Å². The van der Waals surface area contributed by atoms with Crippen molar-refractivity contribution in [2.75, 3.05) is 0 Å². The summed E-state index contributed by atoms with van der Waals surface area (Å²) >= 11 is 5.65. The molecule has 0 heterocycles. The fourth-order valence-corrected chi connectivity index (χ4v) is 1.17. The van der Waals surface area contributed by atoms with Crippen LogP contribution in [0.1, 0.15) is 15.9 Å². The van der Waals surface area contributed by atoms with Crippen LogP contribution in [0, 0.1) is 0 Å². The van der Waals surface area contributed by atoms with Crippen molar-refractivity contribution in [2.24, 2.45) is 10.9 Å². The predicted octanol–water partition coefficient (Wildman–Crippen LogP) is 1.13. The van der Waals surface area contributed by atoms with Crippen molar-refractivity contribution in [2.45, 2.75) is 0 Å². The third-order valence-electron chi connectivity index (χ3n) is 1.60. The first kappa shape index (κ1) is 10.3. The van der Waals surface area contributed by atoms with Gasteiger partial charge in [0, 0.05) is 5.56 Å². The number of rotatable bonds is 2. The van der Waals surface area contributed by atoms with E-state index in [4.69, 9.17) is 27.6 Å². The highest BCUT2D eigenvalue weighted by molar-refractivity contribution is 6.33. The summed E-state index contributed by atoms with van der Waals surface area (Å²) in [5.41, 5.74) is 5.62. The predicted molar refractivity (Wildman–Crippen MR) is 50.9 cm³/mol. The van der Waals surface area contributed by atoms with Crippen molar-refractivity contribution >= 4 is 23.4 Å². The van der Waals surface area contributed by atoms with Crippen LogP contribution in [0.3, 0.4) is 0 Å². The number of hydrogen-bond acceptors (Lipinski definition) is 3. The van der Waals surface area contributed by atoms with Gasteiger partial charge in [-0.15, -0.1) is 0 Å². The van der Waals surface area contributed by atoms with Crippen molar-refractivity contribution in [3.05, 3.63) is 34.3 Å². The number of hydrogen-bond donors (Lipinski definition) is 3. The standard InChI is InChI=1S/C8H7ClN2O3/c9-6-3-4(7(10)11-14)1-2-5(6)8(12)13/h1-3,14H,(H2,10,11)(H,12,13). The number of halogens is 1. The van der Waals surface area contributed by atoms with Gasteiger partial charge in [0.1, 0.15) is 0 Å². The van der Waals surface area contributed by atoms with Gasteiger partial charge >= 0.3 is 5.97 Å². The number of carboxylic acid groups (broad SMARTS) is 1. The number of carbonyl (C=O) groups is 1. The van der Waals surface area contributed by atoms with Crippen LogP contribution in [0.5, 0.6) is 0 Å². The van der Waals surface area contributed by atoms with Gasteiger partial charge in [-0.1, -0.05) is 22.8 Å². The largest absolute Gasteiger partial charge is 0.478 e. The number of nitrogens with zero attached hydrogens (tertiary/aromatic N) is 1. The average molecular weight is 215 g/mol. The summed E-state index contributed by atoms with van der Waals surface area (Å²) in [5, 5.41) is 19.8. The van der Waals surface area contributed by atoms with Crippen molar-refractivity contribution in [3.8, 4) is 0 Å². The van der Waals surface area contributed by atoms with Gasteiger partial charge in [-0.2, -0.15) is 0 Å². The van der Waals surface area contributed by atoms with Gasteiger partial charge in [0.15, 0.2) is 5.84 Å². The third-order valence-corrected chi connectivity index (χ3v) is 1.92. The van der Waals surface area contributed by atoms with Crippen molar-refractivity contribution in [3.63, 3.8) is 0 Å². The maximum atomic E-state index is 10.6. The van der Waals surface area contributed by atoms with E-state index >= 15 is 0 Å². The highest BCUT2D eigenvalue weighted by atomic mass is 35.5. The van der Waals surface area contributed by atoms with Crippen LogP contribution in [-0.2, 0) is 0 Å². The van der Waals surface area contributed by atoms with E-state index in [1.165, 1.54) is 18.2 Å². The van der Waals surface area contributed by atoms with E-state index in [-0.39, 0.29) is 16.4 Å². The molecule has 0 saturated heterocycles. The van der Waals surface area contributed by atoms with Gasteiger partial charge in [-0.05, 0) is 12.1 Å². The number of aromatic carboxylic acids is 1. The summed E-state index contributed by atoms with van der Waals surface area (Å²) in [6, 6.07) is 4.02. The second-order valence-electron chi connectivity index (χ2n) is 2.49. The molecule has 1 rings (SSSR count). The Bertz CT molecular complexity index is 404. The first-order chi connectivity index (χ1) is 6.56. The Labute approximate surface area is 84.4 Å². The minimum atomic E-state index is -1.12. The lowest BCUT2D eigenvalue weighted by Gasteiger charge is -2.01. The van der Waals surface area contributed by atoms with Crippen molar-refractivity contribution < 1.29 is 15.1 Å². The van der Waals surface area contributed by atoms with Gasteiger partial charge < -0.3 is 16.0 Å². The molecule has 6 heteroatoms. The molecule has 0 aliphatic heterocycles. The van der Waals surface area contributed by atoms with Crippen LogP contribution < -0.4 is 5.73 Å². The average Bonchev–Trinajstić information content (AvgIpc) is 2.15. The zero-order chi connectivity index (χ0) is 10.7. The van der Waals surface area contributed by atoms with Gasteiger partial charge in [0.2, 0.25) is 0 Å². The summed E-state index contributed by atoms with van der Waals surface area (Å²) in [4.78, 5) is 10.6. The second-order valence-corrected chi connectivity index (χ2v) is 2.89. The Morgan fingerprint density at radius 1 is 1.50 bits per heavy atom. The molecule has 0 amide bonds. The van der Waals surface area contributed by atoms with Crippen LogP contribution in [0.4, 0.5) is 0 Å². The minimum Gasteiger partial charge on any atom is -0.478 e. The molecule has 14 heavy (non-hydrogen) atoms. The molecule has 0 radical (unpaired) electrons. The van der Waals surface area contributed by atoms with Gasteiger partial charge in [0.05, 0.1) is 10.6 Å². The molecule has 0 bridgehead atoms. The van der Waals surface area contributed by atoms with Gasteiger partial charge in [-0.25, -0.2) is 4.79 Å². The summed E-state index contributed by atoms with van der Waals surface area (Å²) in [6.07, 6.45) is 0. The van der Waals surface area contributed by atoms with E-state index < -0.39 is 5.97 Å². The van der Waals surface area contributed by atoms with Crippen LogP contribution in [0.2, 0.25) is 5.02 Å². The molecular weight excluding hydrogens is 208 g/mol. The number of nitrogens with two attached hydrogens (primary N) is 1. The van der Waals surface area contributed by atoms with E-state index in [0.717, 1.165) is 0 Å². The highest BCUT2D eigenvalue weighted by Crippen LogP contribution is 2.17. The van der Waals surface area contributed by atoms with Crippen LogP contribution >= 0.6 is 11.6 Å². The zero-order valence-electron chi connectivity index (χ0n) is 6.94. The highest BCUT2D eigenvalue weighted by Gasteiger charge is 2.10. The van der Waals surface area contributed by atoms with Crippen molar-refractivity contribution in [1.82, 2.24) is 0 Å². The molecule has 4 N–H and O–H groups in total. The molecule has 0 aliphatic carbocycles. The lowest BCUT2D eigenvalue weighted by molar-refractivity contribution is 0.0697. The zero-order valence-corrected chi connectivity index (χ0v) is 7.69. The van der Waals surface area contributed by atoms with E-state index in [9.17, 15) is 4.79 Å². The van der Waals surface area contributed by atoms with Crippen LogP contribution in [-0.4, -0.2) is 22.1 Å². The Hall–Kier alpha value is -1.75. The molecular formula is C8H7ClN2O3. The monoisotopic (exact) mass is 214 g/mol. The van der Waals surface area contributed by atoms with Crippen LogP contribution in [0.15, 0.2) is 23.4 Å². The molecule has 1 aromatic carbocycles. The van der Waals surface area contributed by atoms with E-state index in [1.54, 1.807) is 0 Å².